The molecule has 0 amide bonds. The van der Waals surface area contributed by atoms with Crippen molar-refractivity contribution in [2.24, 2.45) is 0 Å². The van der Waals surface area contributed by atoms with Crippen molar-refractivity contribution < 1.29 is 9.90 Å². The van der Waals surface area contributed by atoms with Crippen LogP contribution in [-0.4, -0.2) is 15.6 Å². The van der Waals surface area contributed by atoms with Crippen LogP contribution >= 0.6 is 15.9 Å². The molecule has 1 fully saturated rings. The van der Waals surface area contributed by atoms with Crippen molar-refractivity contribution in [1.29, 1.82) is 0 Å². The molecule has 0 atom stereocenters. The molecule has 3 rings (SSSR count). The molecule has 4 nitrogen and oxygen atoms in total. The smallest absolute Gasteiger partial charge is 0.309 e. The van der Waals surface area contributed by atoms with Crippen molar-refractivity contribution in [3.8, 4) is 0 Å². The van der Waals surface area contributed by atoms with Crippen LogP contribution in [0.15, 0.2) is 33.5 Å². The first-order valence-electron chi connectivity index (χ1n) is 6.12. The topological polar surface area (TPSA) is 59.3 Å². The van der Waals surface area contributed by atoms with Gasteiger partial charge in [0.15, 0.2) is 5.43 Å². The van der Waals surface area contributed by atoms with Crippen LogP contribution in [0.4, 0.5) is 0 Å². The second kappa shape index (κ2) is 4.49. The molecule has 19 heavy (non-hydrogen) atoms. The van der Waals surface area contributed by atoms with Gasteiger partial charge in [0.2, 0.25) is 0 Å². The molecule has 0 saturated heterocycles. The van der Waals surface area contributed by atoms with Gasteiger partial charge in [-0.05, 0) is 31.0 Å². The number of hydrogen-bond donors (Lipinski definition) is 1. The highest BCUT2D eigenvalue weighted by Crippen LogP contribution is 2.38. The van der Waals surface area contributed by atoms with E-state index in [1.54, 1.807) is 6.07 Å². The molecule has 1 N–H and O–H groups in total. The largest absolute Gasteiger partial charge is 0.481 e. The summed E-state index contributed by atoms with van der Waals surface area (Å²) in [6, 6.07) is 7.29. The molecule has 0 bridgehead atoms. The second-order valence-electron chi connectivity index (χ2n) is 4.83. The Kier molecular flexibility index (Phi) is 2.93. The number of carboxylic acid groups (broad SMARTS) is 1. The normalized spacial score (nSPS) is 14.8. The summed E-state index contributed by atoms with van der Waals surface area (Å²) in [6.45, 7) is 0. The Balaban J connectivity index is 2.33. The zero-order valence-corrected chi connectivity index (χ0v) is 11.7. The number of carboxylic acids is 1. The first-order chi connectivity index (χ1) is 9.06. The SMILES string of the molecule is O=C(O)Cc1cc(=O)c2ccc(Br)cc2n1C1CC1. The van der Waals surface area contributed by atoms with Crippen LogP contribution in [0.3, 0.4) is 0 Å². The van der Waals surface area contributed by atoms with Gasteiger partial charge in [-0.1, -0.05) is 15.9 Å². The number of rotatable bonds is 3. The molecule has 0 radical (unpaired) electrons. The molecule has 2 aromatic rings. The minimum Gasteiger partial charge on any atom is -0.481 e. The standard InChI is InChI=1S/C14H12BrNO3/c15-8-1-4-11-12(5-8)16(9-2-3-9)10(6-13(11)17)7-14(18)19/h1,4-6,9H,2-3,7H2,(H,18,19). The van der Waals surface area contributed by atoms with Crippen LogP contribution in [-0.2, 0) is 11.2 Å². The molecule has 1 aromatic heterocycles. The number of aliphatic carboxylic acids is 1. The number of pyridine rings is 1. The van der Waals surface area contributed by atoms with E-state index < -0.39 is 5.97 Å². The Bertz CT molecular complexity index is 731. The van der Waals surface area contributed by atoms with E-state index in [9.17, 15) is 9.59 Å². The minimum atomic E-state index is -0.914. The van der Waals surface area contributed by atoms with Crippen LogP contribution in [0.1, 0.15) is 24.6 Å². The molecular weight excluding hydrogens is 310 g/mol. The zero-order chi connectivity index (χ0) is 13.6. The van der Waals surface area contributed by atoms with Crippen molar-refractivity contribution in [3.05, 3.63) is 44.7 Å². The monoisotopic (exact) mass is 321 g/mol. The Morgan fingerprint density at radius 1 is 1.37 bits per heavy atom. The number of hydrogen-bond acceptors (Lipinski definition) is 2. The number of aromatic nitrogens is 1. The molecule has 1 aliphatic carbocycles. The average molecular weight is 322 g/mol. The van der Waals surface area contributed by atoms with Crippen LogP contribution in [0.5, 0.6) is 0 Å². The molecule has 98 valence electrons. The molecule has 1 heterocycles. The molecule has 0 spiro atoms. The van der Waals surface area contributed by atoms with Crippen LogP contribution in [0.25, 0.3) is 10.9 Å². The van der Waals surface area contributed by atoms with E-state index in [4.69, 9.17) is 5.11 Å². The summed E-state index contributed by atoms with van der Waals surface area (Å²) in [7, 11) is 0. The van der Waals surface area contributed by atoms with E-state index in [2.05, 4.69) is 15.9 Å². The summed E-state index contributed by atoms with van der Waals surface area (Å²) in [5.74, 6) is -0.914. The van der Waals surface area contributed by atoms with Crippen LogP contribution in [0, 0.1) is 0 Å². The molecule has 0 unspecified atom stereocenters. The third-order valence-electron chi connectivity index (χ3n) is 3.34. The Labute approximate surface area is 117 Å². The third kappa shape index (κ3) is 2.30. The predicted molar refractivity (Wildman–Crippen MR) is 75.5 cm³/mol. The van der Waals surface area contributed by atoms with Gasteiger partial charge >= 0.3 is 5.97 Å². The van der Waals surface area contributed by atoms with E-state index in [1.807, 2.05) is 16.7 Å². The Hall–Kier alpha value is -1.62. The van der Waals surface area contributed by atoms with E-state index in [0.29, 0.717) is 17.1 Å². The second-order valence-corrected chi connectivity index (χ2v) is 5.75. The Morgan fingerprint density at radius 2 is 2.11 bits per heavy atom. The Morgan fingerprint density at radius 3 is 2.74 bits per heavy atom. The summed E-state index contributed by atoms with van der Waals surface area (Å²) in [5, 5.41) is 9.63. The highest BCUT2D eigenvalue weighted by Gasteiger charge is 2.27. The fraction of sp³-hybridized carbons (Fsp3) is 0.286. The fourth-order valence-electron chi connectivity index (χ4n) is 2.42. The van der Waals surface area contributed by atoms with Gasteiger partial charge in [-0.15, -0.1) is 0 Å². The van der Waals surface area contributed by atoms with Crippen molar-refractivity contribution >= 4 is 32.8 Å². The summed E-state index contributed by atoms with van der Waals surface area (Å²) in [4.78, 5) is 23.0. The van der Waals surface area contributed by atoms with Gasteiger partial charge in [0.05, 0.1) is 11.9 Å². The predicted octanol–water partition coefficient (Wildman–Crippen LogP) is 2.73. The fourth-order valence-corrected chi connectivity index (χ4v) is 2.77. The van der Waals surface area contributed by atoms with Crippen molar-refractivity contribution in [2.45, 2.75) is 25.3 Å². The van der Waals surface area contributed by atoms with E-state index in [1.165, 1.54) is 6.07 Å². The van der Waals surface area contributed by atoms with Gasteiger partial charge in [-0.3, -0.25) is 9.59 Å². The van der Waals surface area contributed by atoms with Gasteiger partial charge in [0.1, 0.15) is 0 Å². The van der Waals surface area contributed by atoms with Crippen LogP contribution in [0.2, 0.25) is 0 Å². The summed E-state index contributed by atoms with van der Waals surface area (Å²) >= 11 is 3.40. The molecule has 1 aliphatic rings. The lowest BCUT2D eigenvalue weighted by molar-refractivity contribution is -0.136. The van der Waals surface area contributed by atoms with E-state index in [-0.39, 0.29) is 11.8 Å². The van der Waals surface area contributed by atoms with Gasteiger partial charge in [0, 0.05) is 27.7 Å². The van der Waals surface area contributed by atoms with E-state index >= 15 is 0 Å². The van der Waals surface area contributed by atoms with Gasteiger partial charge < -0.3 is 9.67 Å². The van der Waals surface area contributed by atoms with Gasteiger partial charge in [-0.25, -0.2) is 0 Å². The van der Waals surface area contributed by atoms with Gasteiger partial charge in [0.25, 0.3) is 0 Å². The molecule has 1 aromatic carbocycles. The first kappa shape index (κ1) is 12.4. The average Bonchev–Trinajstić information content (AvgIpc) is 3.12. The molecular formula is C14H12BrNO3. The third-order valence-corrected chi connectivity index (χ3v) is 3.83. The van der Waals surface area contributed by atoms with E-state index in [0.717, 1.165) is 22.8 Å². The molecule has 0 aliphatic heterocycles. The number of halogens is 1. The zero-order valence-electron chi connectivity index (χ0n) is 10.1. The maximum Gasteiger partial charge on any atom is 0.309 e. The lowest BCUT2D eigenvalue weighted by Gasteiger charge is -2.15. The number of carbonyl (C=O) groups is 1. The highest BCUT2D eigenvalue weighted by atomic mass is 79.9. The van der Waals surface area contributed by atoms with Crippen molar-refractivity contribution in [3.63, 3.8) is 0 Å². The van der Waals surface area contributed by atoms with Crippen molar-refractivity contribution in [1.82, 2.24) is 4.57 Å². The number of nitrogens with zero attached hydrogens (tertiary/aromatic N) is 1. The molecule has 5 heteroatoms. The summed E-state index contributed by atoms with van der Waals surface area (Å²) < 4.78 is 2.90. The maximum absolute atomic E-state index is 12.1. The first-order valence-corrected chi connectivity index (χ1v) is 6.91. The lowest BCUT2D eigenvalue weighted by Crippen LogP contribution is -2.16. The minimum absolute atomic E-state index is 0.115. The summed E-state index contributed by atoms with van der Waals surface area (Å²) in [5.41, 5.74) is 1.29. The van der Waals surface area contributed by atoms with Crippen molar-refractivity contribution in [2.75, 3.05) is 0 Å². The maximum atomic E-state index is 12.1. The van der Waals surface area contributed by atoms with Crippen LogP contribution < -0.4 is 5.43 Å². The number of fused-ring (bicyclic) bond motifs is 1. The molecule has 1 saturated carbocycles. The highest BCUT2D eigenvalue weighted by molar-refractivity contribution is 9.10. The summed E-state index contributed by atoms with van der Waals surface area (Å²) in [6.07, 6.45) is 1.96. The quantitative estimate of drug-likeness (QED) is 0.945. The van der Waals surface area contributed by atoms with Gasteiger partial charge in [-0.2, -0.15) is 0 Å². The number of benzene rings is 1. The lowest BCUT2D eigenvalue weighted by atomic mass is 10.1.